The van der Waals surface area contributed by atoms with E-state index in [4.69, 9.17) is 9.15 Å². The maximum absolute atomic E-state index is 14.0. The van der Waals surface area contributed by atoms with Crippen LogP contribution in [0.1, 0.15) is 50.0 Å². The summed E-state index contributed by atoms with van der Waals surface area (Å²) >= 11 is 0. The molecule has 1 atom stereocenters. The Morgan fingerprint density at radius 2 is 1.89 bits per heavy atom. The lowest BCUT2D eigenvalue weighted by molar-refractivity contribution is -0.142. The minimum atomic E-state index is -0.921. The molecule has 0 saturated heterocycles. The zero-order valence-corrected chi connectivity index (χ0v) is 20.9. The van der Waals surface area contributed by atoms with E-state index in [0.717, 1.165) is 31.2 Å². The first-order valence-electron chi connectivity index (χ1n) is 12.8. The SMILES string of the molecule is CCOc1ccccc1[C@@H](C(=O)NC1CCCC1)N(Cc1ccco1)C(=O)Cn1nnc2ccccc21. The fourth-order valence-electron chi connectivity index (χ4n) is 4.94. The number of nitrogens with zero attached hydrogens (tertiary/aromatic N) is 4. The molecule has 0 bridgehead atoms. The van der Waals surface area contributed by atoms with Crippen molar-refractivity contribution in [1.82, 2.24) is 25.2 Å². The first-order chi connectivity index (χ1) is 18.1. The van der Waals surface area contributed by atoms with Crippen LogP contribution in [0.4, 0.5) is 0 Å². The molecule has 0 aliphatic heterocycles. The van der Waals surface area contributed by atoms with Gasteiger partial charge in [-0.25, -0.2) is 4.68 Å². The molecular weight excluding hydrogens is 470 g/mol. The van der Waals surface area contributed by atoms with Crippen LogP contribution >= 0.6 is 0 Å². The van der Waals surface area contributed by atoms with Gasteiger partial charge in [-0.2, -0.15) is 0 Å². The van der Waals surface area contributed by atoms with E-state index in [1.165, 1.54) is 0 Å². The molecule has 1 fully saturated rings. The predicted octanol–water partition coefficient (Wildman–Crippen LogP) is 4.25. The van der Waals surface area contributed by atoms with Crippen LogP contribution in [0.25, 0.3) is 11.0 Å². The fraction of sp³-hybridized carbons (Fsp3) is 0.357. The number of rotatable bonds is 10. The van der Waals surface area contributed by atoms with Gasteiger partial charge in [-0.1, -0.05) is 48.4 Å². The van der Waals surface area contributed by atoms with Crippen molar-refractivity contribution < 1.29 is 18.7 Å². The highest BCUT2D eigenvalue weighted by Gasteiger charge is 2.36. The summed E-state index contributed by atoms with van der Waals surface area (Å²) in [7, 11) is 0. The lowest BCUT2D eigenvalue weighted by Gasteiger charge is -2.32. The Morgan fingerprint density at radius 3 is 2.68 bits per heavy atom. The molecule has 1 saturated carbocycles. The topological polar surface area (TPSA) is 102 Å². The molecule has 1 aliphatic rings. The highest BCUT2D eigenvalue weighted by molar-refractivity contribution is 5.90. The number of amides is 2. The Kier molecular flexibility index (Phi) is 7.49. The normalized spacial score (nSPS) is 14.5. The molecular formula is C28H31N5O4. The predicted molar refractivity (Wildman–Crippen MR) is 138 cm³/mol. The van der Waals surface area contributed by atoms with Crippen molar-refractivity contribution in [2.75, 3.05) is 6.61 Å². The smallest absolute Gasteiger partial charge is 0.247 e. The second kappa shape index (κ2) is 11.3. The molecule has 2 aromatic heterocycles. The maximum Gasteiger partial charge on any atom is 0.247 e. The highest BCUT2D eigenvalue weighted by atomic mass is 16.5. The average Bonchev–Trinajstić information content (AvgIpc) is 3.68. The molecule has 2 amide bonds. The number of aromatic nitrogens is 3. The van der Waals surface area contributed by atoms with Gasteiger partial charge in [-0.3, -0.25) is 9.59 Å². The third kappa shape index (κ3) is 5.50. The van der Waals surface area contributed by atoms with Gasteiger partial charge in [-0.15, -0.1) is 5.10 Å². The van der Waals surface area contributed by atoms with Crippen LogP contribution in [-0.2, 0) is 22.7 Å². The summed E-state index contributed by atoms with van der Waals surface area (Å²) in [6, 6.07) is 17.6. The molecule has 0 unspecified atom stereocenters. The monoisotopic (exact) mass is 501 g/mol. The maximum atomic E-state index is 14.0. The van der Waals surface area contributed by atoms with E-state index in [9.17, 15) is 9.59 Å². The number of fused-ring (bicyclic) bond motifs is 1. The molecule has 5 rings (SSSR count). The van der Waals surface area contributed by atoms with E-state index in [-0.39, 0.29) is 30.9 Å². The van der Waals surface area contributed by atoms with Crippen LogP contribution < -0.4 is 10.1 Å². The fourth-order valence-corrected chi connectivity index (χ4v) is 4.94. The molecule has 1 aliphatic carbocycles. The van der Waals surface area contributed by atoms with Crippen LogP contribution in [0.3, 0.4) is 0 Å². The van der Waals surface area contributed by atoms with Gasteiger partial charge in [-0.05, 0) is 50.1 Å². The number of ether oxygens (including phenoxy) is 1. The largest absolute Gasteiger partial charge is 0.494 e. The molecule has 9 nitrogen and oxygen atoms in total. The van der Waals surface area contributed by atoms with Crippen LogP contribution in [0, 0.1) is 0 Å². The number of carbonyl (C=O) groups is 2. The van der Waals surface area contributed by atoms with Crippen molar-refractivity contribution in [2.45, 2.75) is 57.8 Å². The number of hydrogen-bond acceptors (Lipinski definition) is 6. The number of carbonyl (C=O) groups excluding carboxylic acids is 2. The quantitative estimate of drug-likeness (QED) is 0.349. The zero-order valence-electron chi connectivity index (χ0n) is 20.9. The molecule has 37 heavy (non-hydrogen) atoms. The van der Waals surface area contributed by atoms with Gasteiger partial charge in [0, 0.05) is 11.6 Å². The van der Waals surface area contributed by atoms with Crippen molar-refractivity contribution in [2.24, 2.45) is 0 Å². The van der Waals surface area contributed by atoms with E-state index in [1.807, 2.05) is 55.5 Å². The molecule has 2 aromatic carbocycles. The van der Waals surface area contributed by atoms with Crippen molar-refractivity contribution >= 4 is 22.8 Å². The van der Waals surface area contributed by atoms with Gasteiger partial charge in [0.2, 0.25) is 11.8 Å². The standard InChI is InChI=1S/C28H31N5O4/c1-2-36-25-16-8-5-13-22(25)27(28(35)29-20-10-3-4-11-20)32(18-21-12-9-17-37-21)26(34)19-33-24-15-7-6-14-23(24)30-31-33/h5-9,12-17,20,27H,2-4,10-11,18-19H2,1H3,(H,29,35)/t27-/m0/s1. The van der Waals surface area contributed by atoms with Gasteiger partial charge in [0.25, 0.3) is 0 Å². The van der Waals surface area contributed by atoms with Crippen molar-refractivity contribution in [3.63, 3.8) is 0 Å². The summed E-state index contributed by atoms with van der Waals surface area (Å²) in [5.41, 5.74) is 2.07. The first kappa shape index (κ1) is 24.5. The van der Waals surface area contributed by atoms with E-state index >= 15 is 0 Å². The van der Waals surface area contributed by atoms with Crippen molar-refractivity contribution in [3.8, 4) is 5.75 Å². The van der Waals surface area contributed by atoms with Crippen molar-refractivity contribution in [3.05, 3.63) is 78.3 Å². The van der Waals surface area contributed by atoms with Crippen LogP contribution in [-0.4, -0.2) is 44.4 Å². The summed E-state index contributed by atoms with van der Waals surface area (Å²) in [5, 5.41) is 11.6. The van der Waals surface area contributed by atoms with E-state index < -0.39 is 6.04 Å². The van der Waals surface area contributed by atoms with Crippen LogP contribution in [0.15, 0.2) is 71.3 Å². The zero-order chi connectivity index (χ0) is 25.6. The second-order valence-corrected chi connectivity index (χ2v) is 9.20. The van der Waals surface area contributed by atoms with Gasteiger partial charge in [0.05, 0.1) is 24.9 Å². The molecule has 4 aromatic rings. The lowest BCUT2D eigenvalue weighted by Crippen LogP contribution is -2.46. The Morgan fingerprint density at radius 1 is 1.11 bits per heavy atom. The summed E-state index contributed by atoms with van der Waals surface area (Å²) in [6.45, 7) is 2.37. The molecule has 9 heteroatoms. The minimum absolute atomic E-state index is 0.0781. The molecule has 0 spiro atoms. The van der Waals surface area contributed by atoms with Crippen LogP contribution in [0.2, 0.25) is 0 Å². The van der Waals surface area contributed by atoms with Gasteiger partial charge >= 0.3 is 0 Å². The third-order valence-corrected chi connectivity index (χ3v) is 6.71. The van der Waals surface area contributed by atoms with Gasteiger partial charge < -0.3 is 19.4 Å². The average molecular weight is 502 g/mol. The number of benzene rings is 2. The molecule has 2 heterocycles. The van der Waals surface area contributed by atoms with Crippen molar-refractivity contribution in [1.29, 1.82) is 0 Å². The van der Waals surface area contributed by atoms with E-state index in [2.05, 4.69) is 15.6 Å². The first-order valence-corrected chi connectivity index (χ1v) is 12.8. The van der Waals surface area contributed by atoms with E-state index in [1.54, 1.807) is 28.0 Å². The molecule has 0 radical (unpaired) electrons. The second-order valence-electron chi connectivity index (χ2n) is 9.20. The van der Waals surface area contributed by atoms with Gasteiger partial charge in [0.15, 0.2) is 0 Å². The Balaban J connectivity index is 1.54. The van der Waals surface area contributed by atoms with Gasteiger partial charge in [0.1, 0.15) is 29.6 Å². The number of hydrogen-bond donors (Lipinski definition) is 1. The summed E-state index contributed by atoms with van der Waals surface area (Å²) < 4.78 is 13.1. The highest BCUT2D eigenvalue weighted by Crippen LogP contribution is 2.32. The number of furan rings is 1. The van der Waals surface area contributed by atoms with Crippen LogP contribution in [0.5, 0.6) is 5.75 Å². The lowest BCUT2D eigenvalue weighted by atomic mass is 10.0. The third-order valence-electron chi connectivity index (χ3n) is 6.71. The Bertz CT molecular complexity index is 1340. The Labute approximate surface area is 215 Å². The minimum Gasteiger partial charge on any atom is -0.494 e. The number of para-hydroxylation sites is 2. The molecule has 1 N–H and O–H groups in total. The van der Waals surface area contributed by atoms with E-state index in [0.29, 0.717) is 29.2 Å². The molecule has 192 valence electrons. The number of nitrogens with one attached hydrogen (secondary N) is 1. The summed E-state index contributed by atoms with van der Waals surface area (Å²) in [5.74, 6) is 0.622. The summed E-state index contributed by atoms with van der Waals surface area (Å²) in [4.78, 5) is 29.5. The summed E-state index contributed by atoms with van der Waals surface area (Å²) in [6.07, 6.45) is 5.59. The Hall–Kier alpha value is -4.14.